The monoisotopic (exact) mass is 369 g/mol. The number of allylic oxidation sites excluding steroid dienone is 2. The van der Waals surface area contributed by atoms with Crippen LogP contribution in [0.5, 0.6) is 0 Å². The van der Waals surface area contributed by atoms with E-state index in [1.54, 1.807) is 6.07 Å². The molecule has 1 saturated heterocycles. The van der Waals surface area contributed by atoms with Gasteiger partial charge in [0.25, 0.3) is 0 Å². The highest BCUT2D eigenvalue weighted by molar-refractivity contribution is 6.32. The summed E-state index contributed by atoms with van der Waals surface area (Å²) in [5, 5.41) is 12.0. The predicted molar refractivity (Wildman–Crippen MR) is 106 cm³/mol. The highest BCUT2D eigenvalue weighted by atomic mass is 35.5. The number of halogens is 1. The van der Waals surface area contributed by atoms with Gasteiger partial charge in [-0.1, -0.05) is 53.6 Å². The van der Waals surface area contributed by atoms with Crippen LogP contribution in [0.15, 0.2) is 54.1 Å². The van der Waals surface area contributed by atoms with E-state index in [2.05, 4.69) is 11.1 Å². The maximum atomic E-state index is 11.3. The number of anilines is 1. The predicted octanol–water partition coefficient (Wildman–Crippen LogP) is 5.19. The Kier molecular flexibility index (Phi) is 5.68. The van der Waals surface area contributed by atoms with Gasteiger partial charge in [0.2, 0.25) is 5.82 Å². The smallest absolute Gasteiger partial charge is 0.311 e. The molecule has 0 unspecified atom stereocenters. The van der Waals surface area contributed by atoms with E-state index in [4.69, 9.17) is 11.6 Å². The van der Waals surface area contributed by atoms with Gasteiger partial charge in [0, 0.05) is 29.9 Å². The Balaban J connectivity index is 1.67. The average Bonchev–Trinajstić information content (AvgIpc) is 2.63. The zero-order chi connectivity index (χ0) is 18.5. The van der Waals surface area contributed by atoms with E-state index >= 15 is 0 Å². The molecule has 2 aromatic rings. The van der Waals surface area contributed by atoms with Gasteiger partial charge in [0.15, 0.2) is 0 Å². The largest absolute Gasteiger partial charge is 0.350 e. The number of piperidine rings is 1. The minimum Gasteiger partial charge on any atom is -0.350 e. The van der Waals surface area contributed by atoms with Crippen molar-refractivity contribution >= 4 is 29.2 Å². The standard InChI is InChI=1S/C20H20ClN3O2/c1-15-9-10-19(24(25)26)20(22-15)23-13-11-16(12-14-23)5-4-7-17-6-2-3-8-18(17)21/h2-10H,11-14H2,1H3/b7-4+. The van der Waals surface area contributed by atoms with Gasteiger partial charge in [0.1, 0.15) is 0 Å². The van der Waals surface area contributed by atoms with Crippen LogP contribution in [0.3, 0.4) is 0 Å². The molecular formula is C20H20ClN3O2. The molecular weight excluding hydrogens is 350 g/mol. The summed E-state index contributed by atoms with van der Waals surface area (Å²) in [6, 6.07) is 10.9. The maximum Gasteiger partial charge on any atom is 0.311 e. The van der Waals surface area contributed by atoms with Gasteiger partial charge in [-0.3, -0.25) is 10.1 Å². The van der Waals surface area contributed by atoms with Crippen molar-refractivity contribution in [3.63, 3.8) is 0 Å². The zero-order valence-corrected chi connectivity index (χ0v) is 15.3. The van der Waals surface area contributed by atoms with Crippen LogP contribution in [0.4, 0.5) is 11.5 Å². The number of nitro groups is 1. The number of benzene rings is 1. The fraction of sp³-hybridized carbons (Fsp3) is 0.250. The number of aryl methyl sites for hydroxylation is 1. The summed E-state index contributed by atoms with van der Waals surface area (Å²) < 4.78 is 0. The molecule has 0 spiro atoms. The number of rotatable bonds is 4. The SMILES string of the molecule is Cc1ccc([N+](=O)[O-])c(N2CCC(=C/C=C/c3ccccc3Cl)CC2)n1. The molecule has 0 aliphatic carbocycles. The minimum absolute atomic E-state index is 0.0710. The van der Waals surface area contributed by atoms with E-state index in [1.165, 1.54) is 11.6 Å². The first-order valence-electron chi connectivity index (χ1n) is 8.52. The second-order valence-electron chi connectivity index (χ2n) is 6.25. The van der Waals surface area contributed by atoms with E-state index in [0.29, 0.717) is 5.82 Å². The van der Waals surface area contributed by atoms with Gasteiger partial charge in [0.05, 0.1) is 4.92 Å². The number of hydrogen-bond donors (Lipinski definition) is 0. The van der Waals surface area contributed by atoms with E-state index in [-0.39, 0.29) is 10.6 Å². The van der Waals surface area contributed by atoms with Crippen molar-refractivity contribution in [3.8, 4) is 0 Å². The van der Waals surface area contributed by atoms with Gasteiger partial charge >= 0.3 is 5.69 Å². The summed E-state index contributed by atoms with van der Waals surface area (Å²) in [4.78, 5) is 17.3. The van der Waals surface area contributed by atoms with Gasteiger partial charge in [-0.2, -0.15) is 0 Å². The third-order valence-corrected chi connectivity index (χ3v) is 4.75. The summed E-state index contributed by atoms with van der Waals surface area (Å²) in [5.74, 6) is 0.473. The van der Waals surface area contributed by atoms with Crippen molar-refractivity contribution in [2.45, 2.75) is 19.8 Å². The molecule has 0 N–H and O–H groups in total. The molecule has 0 bridgehead atoms. The Hall–Kier alpha value is -2.66. The molecule has 26 heavy (non-hydrogen) atoms. The summed E-state index contributed by atoms with van der Waals surface area (Å²) in [6.07, 6.45) is 7.84. The lowest BCUT2D eigenvalue weighted by atomic mass is 10.0. The number of nitrogens with zero attached hydrogens (tertiary/aromatic N) is 3. The summed E-state index contributed by atoms with van der Waals surface area (Å²) in [6.45, 7) is 3.30. The summed E-state index contributed by atoms with van der Waals surface area (Å²) in [7, 11) is 0. The maximum absolute atomic E-state index is 11.3. The minimum atomic E-state index is -0.362. The highest BCUT2D eigenvalue weighted by Crippen LogP contribution is 2.29. The number of pyridine rings is 1. The molecule has 2 heterocycles. The molecule has 0 amide bonds. The molecule has 5 nitrogen and oxygen atoms in total. The normalized spacial score (nSPS) is 14.7. The first-order valence-corrected chi connectivity index (χ1v) is 8.90. The van der Waals surface area contributed by atoms with Crippen molar-refractivity contribution in [1.82, 2.24) is 4.98 Å². The first kappa shape index (κ1) is 18.1. The lowest BCUT2D eigenvalue weighted by molar-refractivity contribution is -0.384. The van der Waals surface area contributed by atoms with Crippen LogP contribution in [0.25, 0.3) is 6.08 Å². The lowest BCUT2D eigenvalue weighted by Crippen LogP contribution is -2.32. The van der Waals surface area contributed by atoms with E-state index in [1.807, 2.05) is 48.2 Å². The Bertz CT molecular complexity index is 867. The van der Waals surface area contributed by atoms with Crippen molar-refractivity contribution in [3.05, 3.63) is 80.5 Å². The molecule has 1 aromatic heterocycles. The van der Waals surface area contributed by atoms with Crippen molar-refractivity contribution in [2.75, 3.05) is 18.0 Å². The van der Waals surface area contributed by atoms with Crippen LogP contribution in [0.1, 0.15) is 24.1 Å². The first-order chi connectivity index (χ1) is 12.5. The highest BCUT2D eigenvalue weighted by Gasteiger charge is 2.23. The summed E-state index contributed by atoms with van der Waals surface area (Å²) in [5.41, 5.74) is 3.17. The van der Waals surface area contributed by atoms with Gasteiger partial charge < -0.3 is 4.90 Å². The molecule has 1 aliphatic rings. The lowest BCUT2D eigenvalue weighted by Gasteiger charge is -2.29. The Morgan fingerprint density at radius 2 is 1.92 bits per heavy atom. The average molecular weight is 370 g/mol. The molecule has 134 valence electrons. The molecule has 1 fully saturated rings. The molecule has 0 saturated carbocycles. The van der Waals surface area contributed by atoms with Crippen LogP contribution in [-0.2, 0) is 0 Å². The van der Waals surface area contributed by atoms with Crippen LogP contribution in [0.2, 0.25) is 5.02 Å². The number of hydrogen-bond acceptors (Lipinski definition) is 4. The van der Waals surface area contributed by atoms with E-state index in [9.17, 15) is 10.1 Å². The summed E-state index contributed by atoms with van der Waals surface area (Å²) >= 11 is 6.15. The topological polar surface area (TPSA) is 59.3 Å². The van der Waals surface area contributed by atoms with Crippen molar-refractivity contribution in [2.24, 2.45) is 0 Å². The van der Waals surface area contributed by atoms with Crippen LogP contribution >= 0.6 is 11.6 Å². The second kappa shape index (κ2) is 8.15. The van der Waals surface area contributed by atoms with Crippen LogP contribution < -0.4 is 4.90 Å². The van der Waals surface area contributed by atoms with Crippen LogP contribution in [0, 0.1) is 17.0 Å². The number of aromatic nitrogens is 1. The Labute approximate surface area is 157 Å². The fourth-order valence-corrected chi connectivity index (χ4v) is 3.18. The van der Waals surface area contributed by atoms with E-state index < -0.39 is 0 Å². The molecule has 0 atom stereocenters. The molecule has 6 heteroatoms. The third-order valence-electron chi connectivity index (χ3n) is 4.41. The van der Waals surface area contributed by atoms with Crippen LogP contribution in [-0.4, -0.2) is 23.0 Å². The fourth-order valence-electron chi connectivity index (χ4n) is 2.98. The van der Waals surface area contributed by atoms with E-state index in [0.717, 1.165) is 42.2 Å². The Morgan fingerprint density at radius 3 is 2.62 bits per heavy atom. The molecule has 3 rings (SSSR count). The third kappa shape index (κ3) is 4.29. The quantitative estimate of drug-likeness (QED) is 0.549. The zero-order valence-electron chi connectivity index (χ0n) is 14.6. The van der Waals surface area contributed by atoms with Crippen molar-refractivity contribution in [1.29, 1.82) is 0 Å². The van der Waals surface area contributed by atoms with Gasteiger partial charge in [-0.05, 0) is 37.5 Å². The Morgan fingerprint density at radius 1 is 1.19 bits per heavy atom. The van der Waals surface area contributed by atoms with Gasteiger partial charge in [-0.25, -0.2) is 4.98 Å². The van der Waals surface area contributed by atoms with Gasteiger partial charge in [-0.15, -0.1) is 0 Å². The molecule has 0 radical (unpaired) electrons. The second-order valence-corrected chi connectivity index (χ2v) is 6.65. The van der Waals surface area contributed by atoms with Crippen molar-refractivity contribution < 1.29 is 4.92 Å². The molecule has 1 aromatic carbocycles. The molecule has 1 aliphatic heterocycles.